The summed E-state index contributed by atoms with van der Waals surface area (Å²) >= 11 is 0. The van der Waals surface area contributed by atoms with E-state index in [2.05, 4.69) is 15.6 Å². The van der Waals surface area contributed by atoms with Gasteiger partial charge in [-0.1, -0.05) is 6.07 Å². The molecule has 20 heavy (non-hydrogen) atoms. The van der Waals surface area contributed by atoms with Crippen molar-refractivity contribution in [3.05, 3.63) is 48.0 Å². The Labute approximate surface area is 114 Å². The van der Waals surface area contributed by atoms with E-state index in [9.17, 15) is 13.2 Å². The minimum atomic E-state index is -4.32. The van der Waals surface area contributed by atoms with Crippen molar-refractivity contribution in [2.45, 2.75) is 13.1 Å². The van der Waals surface area contributed by atoms with Gasteiger partial charge in [0.1, 0.15) is 11.6 Å². The highest BCUT2D eigenvalue weighted by Crippen LogP contribution is 2.30. The number of aromatic nitrogens is 1. The molecule has 1 heterocycles. The first kappa shape index (κ1) is 14.2. The van der Waals surface area contributed by atoms with Crippen molar-refractivity contribution in [3.63, 3.8) is 0 Å². The summed E-state index contributed by atoms with van der Waals surface area (Å²) in [5.74, 6) is 1.28. The van der Waals surface area contributed by atoms with Gasteiger partial charge < -0.3 is 10.6 Å². The van der Waals surface area contributed by atoms with Gasteiger partial charge in [0.2, 0.25) is 0 Å². The van der Waals surface area contributed by atoms with Crippen LogP contribution in [0.3, 0.4) is 0 Å². The van der Waals surface area contributed by atoms with E-state index in [1.807, 2.05) is 19.1 Å². The fourth-order valence-electron chi connectivity index (χ4n) is 1.67. The predicted octanol–water partition coefficient (Wildman–Crippen LogP) is 4.28. The summed E-state index contributed by atoms with van der Waals surface area (Å²) in [6, 6.07) is 10.2. The van der Waals surface area contributed by atoms with Crippen LogP contribution in [0.4, 0.5) is 30.5 Å². The molecule has 0 atom stereocenters. The van der Waals surface area contributed by atoms with E-state index in [0.717, 1.165) is 18.7 Å². The Balaban J connectivity index is 2.12. The summed E-state index contributed by atoms with van der Waals surface area (Å²) in [5, 5.41) is 6.03. The number of hydrogen-bond donors (Lipinski definition) is 2. The number of nitrogens with one attached hydrogen (secondary N) is 2. The molecule has 6 heteroatoms. The lowest BCUT2D eigenvalue weighted by Gasteiger charge is -2.10. The highest BCUT2D eigenvalue weighted by Gasteiger charge is 2.29. The van der Waals surface area contributed by atoms with E-state index < -0.39 is 11.7 Å². The van der Waals surface area contributed by atoms with Gasteiger partial charge in [-0.05, 0) is 43.3 Å². The number of pyridine rings is 1. The first-order valence-corrected chi connectivity index (χ1v) is 6.14. The van der Waals surface area contributed by atoms with E-state index in [-0.39, 0.29) is 0 Å². The summed E-state index contributed by atoms with van der Waals surface area (Å²) in [4.78, 5) is 4.28. The zero-order valence-corrected chi connectivity index (χ0v) is 10.8. The molecule has 0 aliphatic carbocycles. The summed E-state index contributed by atoms with van der Waals surface area (Å²) in [6.45, 7) is 2.70. The number of hydrogen-bond acceptors (Lipinski definition) is 3. The number of anilines is 3. The maximum absolute atomic E-state index is 12.4. The first-order chi connectivity index (χ1) is 9.49. The largest absolute Gasteiger partial charge is 0.416 e. The van der Waals surface area contributed by atoms with Crippen LogP contribution >= 0.6 is 0 Å². The molecule has 0 spiro atoms. The Morgan fingerprint density at radius 2 is 1.65 bits per heavy atom. The van der Waals surface area contributed by atoms with Crippen molar-refractivity contribution in [3.8, 4) is 0 Å². The SMILES string of the molecule is CCNc1cccc(Nc2ccc(C(F)(F)F)cc2)n1. The van der Waals surface area contributed by atoms with Gasteiger partial charge in [0.15, 0.2) is 0 Å². The normalized spacial score (nSPS) is 11.2. The second-order valence-corrected chi connectivity index (χ2v) is 4.14. The number of benzene rings is 1. The monoisotopic (exact) mass is 281 g/mol. The van der Waals surface area contributed by atoms with E-state index >= 15 is 0 Å². The lowest BCUT2D eigenvalue weighted by Crippen LogP contribution is -2.05. The first-order valence-electron chi connectivity index (χ1n) is 6.14. The molecule has 106 valence electrons. The highest BCUT2D eigenvalue weighted by atomic mass is 19.4. The van der Waals surface area contributed by atoms with E-state index in [0.29, 0.717) is 17.3 Å². The van der Waals surface area contributed by atoms with Crippen molar-refractivity contribution in [2.24, 2.45) is 0 Å². The molecular weight excluding hydrogens is 267 g/mol. The fraction of sp³-hybridized carbons (Fsp3) is 0.214. The van der Waals surface area contributed by atoms with Crippen molar-refractivity contribution < 1.29 is 13.2 Å². The van der Waals surface area contributed by atoms with Crippen molar-refractivity contribution in [1.82, 2.24) is 4.98 Å². The van der Waals surface area contributed by atoms with Crippen LogP contribution in [-0.2, 0) is 6.18 Å². The summed E-state index contributed by atoms with van der Waals surface area (Å²) < 4.78 is 37.3. The minimum Gasteiger partial charge on any atom is -0.370 e. The van der Waals surface area contributed by atoms with E-state index in [1.54, 1.807) is 6.07 Å². The summed E-state index contributed by atoms with van der Waals surface area (Å²) in [6.07, 6.45) is -4.32. The van der Waals surface area contributed by atoms with Gasteiger partial charge in [-0.2, -0.15) is 13.2 Å². The molecule has 2 N–H and O–H groups in total. The molecule has 2 rings (SSSR count). The third kappa shape index (κ3) is 3.63. The van der Waals surface area contributed by atoms with Crippen LogP contribution in [0.2, 0.25) is 0 Å². The quantitative estimate of drug-likeness (QED) is 0.878. The maximum atomic E-state index is 12.4. The van der Waals surface area contributed by atoms with Gasteiger partial charge in [-0.25, -0.2) is 4.98 Å². The van der Waals surface area contributed by atoms with Crippen LogP contribution < -0.4 is 10.6 Å². The Morgan fingerprint density at radius 1 is 1.00 bits per heavy atom. The van der Waals surface area contributed by atoms with Gasteiger partial charge in [-0.3, -0.25) is 0 Å². The van der Waals surface area contributed by atoms with Crippen molar-refractivity contribution in [2.75, 3.05) is 17.2 Å². The topological polar surface area (TPSA) is 37.0 Å². The van der Waals surface area contributed by atoms with Crippen LogP contribution in [0.5, 0.6) is 0 Å². The molecule has 1 aromatic carbocycles. The number of nitrogens with zero attached hydrogens (tertiary/aromatic N) is 1. The molecule has 0 radical (unpaired) electrons. The molecule has 3 nitrogen and oxygen atoms in total. The molecule has 2 aromatic rings. The van der Waals surface area contributed by atoms with Gasteiger partial charge >= 0.3 is 6.18 Å². The van der Waals surface area contributed by atoms with E-state index in [4.69, 9.17) is 0 Å². The molecular formula is C14H14F3N3. The van der Waals surface area contributed by atoms with E-state index in [1.165, 1.54) is 12.1 Å². The standard InChI is InChI=1S/C14H14F3N3/c1-2-18-12-4-3-5-13(20-12)19-11-8-6-10(7-9-11)14(15,16)17/h3-9H,2H2,1H3,(H2,18,19,20). The van der Waals surface area contributed by atoms with Crippen LogP contribution in [0.15, 0.2) is 42.5 Å². The number of rotatable bonds is 4. The van der Waals surface area contributed by atoms with Gasteiger partial charge in [0, 0.05) is 12.2 Å². The minimum absolute atomic E-state index is 0.555. The molecule has 0 saturated heterocycles. The number of alkyl halides is 3. The molecule has 1 aromatic heterocycles. The van der Waals surface area contributed by atoms with Crippen LogP contribution in [0.25, 0.3) is 0 Å². The summed E-state index contributed by atoms with van der Waals surface area (Å²) in [7, 11) is 0. The van der Waals surface area contributed by atoms with Crippen molar-refractivity contribution >= 4 is 17.3 Å². The molecule has 0 bridgehead atoms. The average molecular weight is 281 g/mol. The molecule has 0 aliphatic rings. The maximum Gasteiger partial charge on any atom is 0.416 e. The summed E-state index contributed by atoms with van der Waals surface area (Å²) in [5.41, 5.74) is -0.114. The Hall–Kier alpha value is -2.24. The second kappa shape index (κ2) is 5.81. The Kier molecular flexibility index (Phi) is 4.12. The lowest BCUT2D eigenvalue weighted by molar-refractivity contribution is -0.137. The molecule has 0 amide bonds. The molecule has 0 saturated carbocycles. The smallest absolute Gasteiger partial charge is 0.370 e. The zero-order valence-electron chi connectivity index (χ0n) is 10.8. The third-order valence-corrected chi connectivity index (χ3v) is 2.59. The molecule has 0 fully saturated rings. The highest BCUT2D eigenvalue weighted by molar-refractivity contribution is 5.58. The average Bonchev–Trinajstić information content (AvgIpc) is 2.39. The number of halogens is 3. The zero-order chi connectivity index (χ0) is 14.6. The fourth-order valence-corrected chi connectivity index (χ4v) is 1.67. The van der Waals surface area contributed by atoms with Gasteiger partial charge in [0.25, 0.3) is 0 Å². The predicted molar refractivity (Wildman–Crippen MR) is 73.1 cm³/mol. The second-order valence-electron chi connectivity index (χ2n) is 4.14. The lowest BCUT2D eigenvalue weighted by atomic mass is 10.2. The van der Waals surface area contributed by atoms with Crippen LogP contribution in [-0.4, -0.2) is 11.5 Å². The van der Waals surface area contributed by atoms with Crippen molar-refractivity contribution in [1.29, 1.82) is 0 Å². The molecule has 0 unspecified atom stereocenters. The van der Waals surface area contributed by atoms with Gasteiger partial charge in [0.05, 0.1) is 5.56 Å². The molecule has 0 aliphatic heterocycles. The third-order valence-electron chi connectivity index (χ3n) is 2.59. The van der Waals surface area contributed by atoms with Crippen LogP contribution in [0, 0.1) is 0 Å². The van der Waals surface area contributed by atoms with Crippen LogP contribution in [0.1, 0.15) is 12.5 Å². The Bertz CT molecular complexity index is 565. The Morgan fingerprint density at radius 3 is 2.25 bits per heavy atom. The van der Waals surface area contributed by atoms with Gasteiger partial charge in [-0.15, -0.1) is 0 Å².